The molecule has 0 radical (unpaired) electrons. The maximum absolute atomic E-state index is 12.6. The van der Waals surface area contributed by atoms with Crippen molar-refractivity contribution in [2.45, 2.75) is 6.92 Å². The van der Waals surface area contributed by atoms with Gasteiger partial charge in [-0.3, -0.25) is 9.78 Å². The lowest BCUT2D eigenvalue weighted by molar-refractivity contribution is 0.0599. The molecule has 11 nitrogen and oxygen atoms in total. The highest BCUT2D eigenvalue weighted by Crippen LogP contribution is 2.20. The van der Waals surface area contributed by atoms with Crippen LogP contribution in [0.25, 0.3) is 11.0 Å². The van der Waals surface area contributed by atoms with Gasteiger partial charge >= 0.3 is 11.9 Å². The van der Waals surface area contributed by atoms with Crippen molar-refractivity contribution < 1.29 is 24.2 Å². The number of nitrogens with zero attached hydrogens (tertiary/aromatic N) is 5. The van der Waals surface area contributed by atoms with Gasteiger partial charge < -0.3 is 15.2 Å². The smallest absolute Gasteiger partial charge is 0.339 e. The topological polar surface area (TPSA) is 140 Å². The minimum atomic E-state index is -0.961. The van der Waals surface area contributed by atoms with E-state index in [9.17, 15) is 14.4 Å². The first-order valence-electron chi connectivity index (χ1n) is 10.5. The van der Waals surface area contributed by atoms with Gasteiger partial charge in [-0.05, 0) is 69.1 Å². The number of pyridine rings is 3. The number of anilines is 1. The first-order valence-corrected chi connectivity index (χ1v) is 12.1. The number of ether oxygens (including phenoxy) is 1. The van der Waals surface area contributed by atoms with Crippen LogP contribution >= 0.6 is 31.9 Å². The van der Waals surface area contributed by atoms with Crippen LogP contribution in [0.15, 0.2) is 70.3 Å². The molecule has 0 saturated carbocycles. The van der Waals surface area contributed by atoms with Gasteiger partial charge in [0.2, 0.25) is 0 Å². The third-order valence-electron chi connectivity index (χ3n) is 5.19. The third-order valence-corrected chi connectivity index (χ3v) is 6.13. The quantitative estimate of drug-likeness (QED) is 0.274. The predicted molar refractivity (Wildman–Crippen MR) is 141 cm³/mol. The van der Waals surface area contributed by atoms with Crippen LogP contribution in [-0.4, -0.2) is 54.3 Å². The highest BCUT2D eigenvalue weighted by atomic mass is 79.9. The van der Waals surface area contributed by atoms with E-state index in [1.165, 1.54) is 36.3 Å². The minimum absolute atomic E-state index is 0.215. The Kier molecular flexibility index (Phi) is 7.64. The molecule has 0 aromatic carbocycles. The molecule has 0 atom stereocenters. The first kappa shape index (κ1) is 26.0. The Hall–Kier alpha value is -4.10. The van der Waals surface area contributed by atoms with E-state index in [0.29, 0.717) is 28.0 Å². The first-order chi connectivity index (χ1) is 17.7. The zero-order valence-corrected chi connectivity index (χ0v) is 22.5. The number of fused-ring (bicyclic) bond motifs is 2. The van der Waals surface area contributed by atoms with Crippen molar-refractivity contribution in [1.29, 1.82) is 0 Å². The summed E-state index contributed by atoms with van der Waals surface area (Å²) in [7, 11) is 1.29. The number of methoxy groups -OCH3 is 1. The number of aromatic carboxylic acids is 1. The molecule has 37 heavy (non-hydrogen) atoms. The molecular weight excluding hydrogens is 612 g/mol. The Morgan fingerprint density at radius 1 is 0.919 bits per heavy atom. The number of halogens is 2. The van der Waals surface area contributed by atoms with Crippen molar-refractivity contribution in [2.75, 3.05) is 12.4 Å². The lowest BCUT2D eigenvalue weighted by Gasteiger charge is -2.08. The van der Waals surface area contributed by atoms with Crippen LogP contribution in [0.2, 0.25) is 0 Å². The average molecular weight is 630 g/mol. The van der Waals surface area contributed by atoms with Gasteiger partial charge in [0.05, 0.1) is 53.0 Å². The Morgan fingerprint density at radius 3 is 2.05 bits per heavy atom. The van der Waals surface area contributed by atoms with Gasteiger partial charge in [-0.1, -0.05) is 0 Å². The lowest BCUT2D eigenvalue weighted by Crippen LogP contribution is -2.14. The molecule has 188 valence electrons. The molecule has 0 fully saturated rings. The number of hydrogen-bond donors (Lipinski definition) is 2. The summed E-state index contributed by atoms with van der Waals surface area (Å²) in [5.41, 5.74) is 3.20. The zero-order valence-electron chi connectivity index (χ0n) is 19.3. The fourth-order valence-electron chi connectivity index (χ4n) is 3.34. The van der Waals surface area contributed by atoms with Crippen LogP contribution < -0.4 is 5.32 Å². The van der Waals surface area contributed by atoms with Crippen LogP contribution in [0, 0.1) is 6.92 Å². The summed E-state index contributed by atoms with van der Waals surface area (Å²) in [4.78, 5) is 39.0. The van der Waals surface area contributed by atoms with Gasteiger partial charge in [-0.15, -0.1) is 0 Å². The molecule has 0 spiro atoms. The van der Waals surface area contributed by atoms with Crippen LogP contribution in [0.5, 0.6) is 0 Å². The second-order valence-corrected chi connectivity index (χ2v) is 9.41. The summed E-state index contributed by atoms with van der Waals surface area (Å²) in [5, 5.41) is 19.6. The molecule has 0 unspecified atom stereocenters. The van der Waals surface area contributed by atoms with Gasteiger partial charge in [0, 0.05) is 27.5 Å². The highest BCUT2D eigenvalue weighted by Gasteiger charge is 2.16. The number of rotatable bonds is 4. The lowest BCUT2D eigenvalue weighted by atomic mass is 10.2. The van der Waals surface area contributed by atoms with Crippen molar-refractivity contribution in [3.05, 3.63) is 92.6 Å². The van der Waals surface area contributed by atoms with E-state index in [1.54, 1.807) is 42.0 Å². The molecule has 0 aliphatic heterocycles. The number of nitrogens with one attached hydrogen (secondary N) is 1. The van der Waals surface area contributed by atoms with E-state index in [-0.39, 0.29) is 17.0 Å². The molecule has 1 amide bonds. The molecule has 0 bridgehead atoms. The number of esters is 1. The Morgan fingerprint density at radius 2 is 1.49 bits per heavy atom. The Balaban J connectivity index is 0.000000207. The molecule has 0 aliphatic carbocycles. The fraction of sp³-hybridized carbons (Fsp3) is 0.0833. The second kappa shape index (κ2) is 10.9. The largest absolute Gasteiger partial charge is 0.478 e. The SMILES string of the molecule is COC(=O)c1cnc(C)c(NC(=O)c2cnn3cc(Br)ccc23)c1.O=C(O)c1cnn2cc(Br)ccc12. The maximum atomic E-state index is 12.6. The summed E-state index contributed by atoms with van der Waals surface area (Å²) < 4.78 is 9.51. The number of hydrogen-bond acceptors (Lipinski definition) is 7. The Labute approximate surface area is 226 Å². The van der Waals surface area contributed by atoms with Crippen molar-refractivity contribution in [2.24, 2.45) is 0 Å². The number of carbonyl (C=O) groups is 3. The number of amides is 1. The normalized spacial score (nSPS) is 10.6. The number of carboxylic acids is 1. The highest BCUT2D eigenvalue weighted by molar-refractivity contribution is 9.10. The van der Waals surface area contributed by atoms with E-state index >= 15 is 0 Å². The summed E-state index contributed by atoms with van der Waals surface area (Å²) in [6.45, 7) is 1.74. The molecular formula is C24H18Br2N6O5. The van der Waals surface area contributed by atoms with E-state index in [2.05, 4.69) is 57.1 Å². The maximum Gasteiger partial charge on any atom is 0.339 e. The molecule has 5 aromatic heterocycles. The van der Waals surface area contributed by atoms with Crippen LogP contribution in [0.1, 0.15) is 36.8 Å². The van der Waals surface area contributed by atoms with Gasteiger partial charge in [-0.2, -0.15) is 10.2 Å². The Bertz CT molecular complexity index is 1660. The van der Waals surface area contributed by atoms with Crippen molar-refractivity contribution >= 4 is 66.4 Å². The molecule has 0 saturated heterocycles. The van der Waals surface area contributed by atoms with Crippen molar-refractivity contribution in [3.63, 3.8) is 0 Å². The summed E-state index contributed by atoms with van der Waals surface area (Å²) in [5.74, 6) is -1.81. The number of carboxylic acid groups (broad SMARTS) is 1. The predicted octanol–water partition coefficient (Wildman–Crippen LogP) is 4.63. The molecule has 0 aliphatic rings. The summed E-state index contributed by atoms with van der Waals surface area (Å²) in [6, 6.07) is 8.65. The van der Waals surface area contributed by atoms with E-state index in [0.717, 1.165) is 8.95 Å². The average Bonchev–Trinajstić information content (AvgIpc) is 3.49. The molecule has 5 heterocycles. The summed E-state index contributed by atoms with van der Waals surface area (Å²) >= 11 is 6.63. The number of aromatic nitrogens is 5. The van der Waals surface area contributed by atoms with Crippen LogP contribution in [-0.2, 0) is 4.74 Å². The monoisotopic (exact) mass is 628 g/mol. The molecule has 13 heteroatoms. The van der Waals surface area contributed by atoms with Gasteiger partial charge in [0.1, 0.15) is 5.56 Å². The second-order valence-electron chi connectivity index (χ2n) is 7.58. The molecule has 2 N–H and O–H groups in total. The van der Waals surface area contributed by atoms with Crippen LogP contribution in [0.4, 0.5) is 5.69 Å². The number of aryl methyl sites for hydroxylation is 1. The van der Waals surface area contributed by atoms with Crippen molar-refractivity contribution in [1.82, 2.24) is 24.2 Å². The zero-order chi connectivity index (χ0) is 26.7. The fourth-order valence-corrected chi connectivity index (χ4v) is 3.99. The van der Waals surface area contributed by atoms with E-state index < -0.39 is 11.9 Å². The van der Waals surface area contributed by atoms with E-state index in [1.807, 2.05) is 6.07 Å². The van der Waals surface area contributed by atoms with Gasteiger partial charge in [0.25, 0.3) is 5.91 Å². The van der Waals surface area contributed by atoms with Crippen molar-refractivity contribution in [3.8, 4) is 0 Å². The third kappa shape index (κ3) is 5.67. The van der Waals surface area contributed by atoms with Gasteiger partial charge in [0.15, 0.2) is 0 Å². The van der Waals surface area contributed by atoms with Crippen LogP contribution in [0.3, 0.4) is 0 Å². The summed E-state index contributed by atoms with van der Waals surface area (Å²) in [6.07, 6.45) is 7.70. The standard InChI is InChI=1S/C16H13BrN4O3.C8H5BrN2O2/c1-9-13(5-10(6-18-9)16(23)24-2)20-15(22)12-7-19-21-8-11(17)3-4-14(12)21;9-5-1-2-7-6(8(12)13)3-10-11(7)4-5/h3-8H,1-2H3,(H,20,22);1-4H,(H,12,13). The molecule has 5 rings (SSSR count). The molecule has 5 aromatic rings. The van der Waals surface area contributed by atoms with Gasteiger partial charge in [-0.25, -0.2) is 18.6 Å². The van der Waals surface area contributed by atoms with E-state index in [4.69, 9.17) is 5.11 Å². The minimum Gasteiger partial charge on any atom is -0.478 e. The number of carbonyl (C=O) groups excluding carboxylic acids is 2.